The summed E-state index contributed by atoms with van der Waals surface area (Å²) in [6.45, 7) is -0.131. The summed E-state index contributed by atoms with van der Waals surface area (Å²) in [5.74, 6) is -0.847. The van der Waals surface area contributed by atoms with Crippen molar-refractivity contribution in [2.75, 3.05) is 6.61 Å². The molecule has 0 bridgehead atoms. The number of non-ortho nitro benzene ring substituents is 1. The van der Waals surface area contributed by atoms with E-state index in [4.69, 9.17) is 14.2 Å². The Morgan fingerprint density at radius 1 is 0.718 bits per heavy atom. The van der Waals surface area contributed by atoms with Gasteiger partial charge in [-0.05, 0) is 54.1 Å². The van der Waals surface area contributed by atoms with Gasteiger partial charge in [0, 0.05) is 11.6 Å². The van der Waals surface area contributed by atoms with Gasteiger partial charge in [-0.3, -0.25) is 25.0 Å². The summed E-state index contributed by atoms with van der Waals surface area (Å²) in [7, 11) is 0. The average Bonchev–Trinajstić information content (AvgIpc) is 2.95. The minimum atomic E-state index is -0.811. The Morgan fingerprint density at radius 2 is 1.46 bits per heavy atom. The van der Waals surface area contributed by atoms with E-state index in [1.54, 1.807) is 24.3 Å². The van der Waals surface area contributed by atoms with Crippen LogP contribution in [0.5, 0.6) is 17.2 Å². The molecule has 0 saturated heterocycles. The second-order valence-electron chi connectivity index (χ2n) is 8.09. The lowest BCUT2D eigenvalue weighted by atomic mass is 10.1. The molecule has 4 rings (SSSR count). The summed E-state index contributed by atoms with van der Waals surface area (Å²) in [4.78, 5) is 45.7. The van der Waals surface area contributed by atoms with Crippen LogP contribution in [0.15, 0.2) is 97.1 Å². The van der Waals surface area contributed by atoms with E-state index in [-0.39, 0.29) is 17.1 Å². The van der Waals surface area contributed by atoms with Crippen molar-refractivity contribution in [2.45, 2.75) is 6.61 Å². The van der Waals surface area contributed by atoms with E-state index < -0.39 is 39.6 Å². The second kappa shape index (κ2) is 12.1. The minimum Gasteiger partial charge on any atom is -0.489 e. The minimum absolute atomic E-state index is 0.0366. The molecular formula is C28H20N2O9. The van der Waals surface area contributed by atoms with E-state index in [9.17, 15) is 29.8 Å². The first-order chi connectivity index (χ1) is 18.8. The highest BCUT2D eigenvalue weighted by atomic mass is 16.6. The Balaban J connectivity index is 1.35. The van der Waals surface area contributed by atoms with Gasteiger partial charge in [0.15, 0.2) is 12.4 Å². The first-order valence-electron chi connectivity index (χ1n) is 11.5. The molecule has 0 atom stereocenters. The van der Waals surface area contributed by atoms with Crippen LogP contribution in [0.4, 0.5) is 11.4 Å². The van der Waals surface area contributed by atoms with Gasteiger partial charge in [-0.1, -0.05) is 36.4 Å². The number of rotatable bonds is 11. The fourth-order valence-electron chi connectivity index (χ4n) is 3.44. The van der Waals surface area contributed by atoms with E-state index in [0.29, 0.717) is 17.9 Å². The van der Waals surface area contributed by atoms with Crippen LogP contribution in [0.1, 0.15) is 26.3 Å². The van der Waals surface area contributed by atoms with Gasteiger partial charge in [0.2, 0.25) is 5.75 Å². The SMILES string of the molecule is O=C(COC(=O)c1cccc(Oc2ccc([N+](=O)[O-])cc2[N+](=O)[O-])c1)c1ccc(OCc2ccccc2)cc1. The lowest BCUT2D eigenvalue weighted by molar-refractivity contribution is -0.394. The second-order valence-corrected chi connectivity index (χ2v) is 8.09. The number of Topliss-reactive ketones (excluding diaryl/α,β-unsaturated/α-hetero) is 1. The Labute approximate surface area is 221 Å². The maximum Gasteiger partial charge on any atom is 0.338 e. The third-order valence-electron chi connectivity index (χ3n) is 5.41. The van der Waals surface area contributed by atoms with Crippen molar-refractivity contribution in [3.63, 3.8) is 0 Å². The summed E-state index contributed by atoms with van der Waals surface area (Å²) in [6.07, 6.45) is 0. The van der Waals surface area contributed by atoms with Gasteiger partial charge in [0.1, 0.15) is 18.1 Å². The van der Waals surface area contributed by atoms with Crippen LogP contribution >= 0.6 is 0 Å². The molecule has 11 nitrogen and oxygen atoms in total. The van der Waals surface area contributed by atoms with Crippen LogP contribution in [0, 0.1) is 20.2 Å². The van der Waals surface area contributed by atoms with E-state index in [0.717, 1.165) is 23.8 Å². The molecule has 196 valence electrons. The number of nitro benzene ring substituents is 2. The maximum atomic E-state index is 12.5. The third-order valence-corrected chi connectivity index (χ3v) is 5.41. The first kappa shape index (κ1) is 26.5. The molecule has 0 heterocycles. The van der Waals surface area contributed by atoms with E-state index in [2.05, 4.69) is 0 Å². The average molecular weight is 528 g/mol. The van der Waals surface area contributed by atoms with Gasteiger partial charge < -0.3 is 14.2 Å². The normalized spacial score (nSPS) is 10.4. The van der Waals surface area contributed by atoms with Crippen molar-refractivity contribution >= 4 is 23.1 Å². The van der Waals surface area contributed by atoms with Crippen LogP contribution in [-0.4, -0.2) is 28.2 Å². The smallest absolute Gasteiger partial charge is 0.338 e. The van der Waals surface area contributed by atoms with Crippen molar-refractivity contribution in [2.24, 2.45) is 0 Å². The Hall–Kier alpha value is -5.58. The monoisotopic (exact) mass is 528 g/mol. The molecule has 4 aromatic carbocycles. The fraction of sp³-hybridized carbons (Fsp3) is 0.0714. The third kappa shape index (κ3) is 7.01. The number of ketones is 1. The Morgan fingerprint density at radius 3 is 2.15 bits per heavy atom. The molecule has 0 aliphatic heterocycles. The summed E-state index contributed by atoms with van der Waals surface area (Å²) in [6, 6.07) is 24.6. The van der Waals surface area contributed by atoms with Crippen LogP contribution in [0.25, 0.3) is 0 Å². The molecule has 4 aromatic rings. The standard InChI is InChI=1S/C28H20N2O9/c31-26(20-9-12-23(13-10-20)37-17-19-5-2-1-3-6-19)18-38-28(32)21-7-4-8-24(15-21)39-27-14-11-22(29(33)34)16-25(27)30(35)36/h1-16H,17-18H2. The van der Waals surface area contributed by atoms with Crippen LogP contribution in [0.3, 0.4) is 0 Å². The van der Waals surface area contributed by atoms with Gasteiger partial charge in [-0.2, -0.15) is 0 Å². The molecule has 0 aliphatic rings. The highest BCUT2D eigenvalue weighted by Gasteiger charge is 2.22. The first-order valence-corrected chi connectivity index (χ1v) is 11.5. The molecular weight excluding hydrogens is 508 g/mol. The van der Waals surface area contributed by atoms with E-state index in [1.807, 2.05) is 30.3 Å². The summed E-state index contributed by atoms with van der Waals surface area (Å²) in [5, 5.41) is 22.2. The Bertz CT molecular complexity index is 1520. The largest absolute Gasteiger partial charge is 0.489 e. The number of ether oxygens (including phenoxy) is 3. The topological polar surface area (TPSA) is 148 Å². The number of nitrogens with zero attached hydrogens (tertiary/aromatic N) is 2. The molecule has 39 heavy (non-hydrogen) atoms. The molecule has 0 aliphatic carbocycles. The van der Waals surface area contributed by atoms with Gasteiger partial charge in [-0.15, -0.1) is 0 Å². The molecule has 0 aromatic heterocycles. The van der Waals surface area contributed by atoms with Crippen LogP contribution in [0.2, 0.25) is 0 Å². The van der Waals surface area contributed by atoms with Crippen LogP contribution in [-0.2, 0) is 11.3 Å². The molecule has 0 spiro atoms. The predicted octanol–water partition coefficient (Wildman–Crippen LogP) is 5.91. The molecule has 0 N–H and O–H groups in total. The highest BCUT2D eigenvalue weighted by molar-refractivity contribution is 5.99. The molecule has 11 heteroatoms. The summed E-state index contributed by atoms with van der Waals surface area (Å²) in [5.41, 5.74) is 0.293. The van der Waals surface area contributed by atoms with Gasteiger partial charge in [-0.25, -0.2) is 4.79 Å². The number of hydrogen-bond donors (Lipinski definition) is 0. The van der Waals surface area contributed by atoms with Gasteiger partial charge >= 0.3 is 11.7 Å². The number of benzene rings is 4. The Kier molecular flexibility index (Phi) is 8.22. The van der Waals surface area contributed by atoms with E-state index in [1.165, 1.54) is 24.3 Å². The van der Waals surface area contributed by atoms with Crippen molar-refractivity contribution in [3.8, 4) is 17.2 Å². The van der Waals surface area contributed by atoms with Crippen molar-refractivity contribution in [1.29, 1.82) is 0 Å². The summed E-state index contributed by atoms with van der Waals surface area (Å²) >= 11 is 0. The van der Waals surface area contributed by atoms with Gasteiger partial charge in [0.25, 0.3) is 5.69 Å². The van der Waals surface area contributed by atoms with Crippen molar-refractivity contribution in [1.82, 2.24) is 0 Å². The number of nitro groups is 2. The van der Waals surface area contributed by atoms with Crippen LogP contribution < -0.4 is 9.47 Å². The van der Waals surface area contributed by atoms with Gasteiger partial charge in [0.05, 0.1) is 21.5 Å². The number of hydrogen-bond acceptors (Lipinski definition) is 9. The fourth-order valence-corrected chi connectivity index (χ4v) is 3.44. The molecule has 0 radical (unpaired) electrons. The van der Waals surface area contributed by atoms with Crippen molar-refractivity contribution in [3.05, 3.63) is 134 Å². The quantitative estimate of drug-likeness (QED) is 0.100. The molecule has 0 amide bonds. The zero-order valence-corrected chi connectivity index (χ0v) is 20.2. The predicted molar refractivity (Wildman–Crippen MR) is 138 cm³/mol. The summed E-state index contributed by atoms with van der Waals surface area (Å²) < 4.78 is 16.3. The van der Waals surface area contributed by atoms with Crippen molar-refractivity contribution < 1.29 is 33.6 Å². The zero-order chi connectivity index (χ0) is 27.8. The van der Waals surface area contributed by atoms with E-state index >= 15 is 0 Å². The lowest BCUT2D eigenvalue weighted by Gasteiger charge is -2.09. The number of carbonyl (C=O) groups is 2. The zero-order valence-electron chi connectivity index (χ0n) is 20.2. The highest BCUT2D eigenvalue weighted by Crippen LogP contribution is 2.34. The molecule has 0 fully saturated rings. The number of esters is 1. The lowest BCUT2D eigenvalue weighted by Crippen LogP contribution is -2.14. The molecule has 0 saturated carbocycles. The molecule has 0 unspecified atom stereocenters. The number of carbonyl (C=O) groups excluding carboxylic acids is 2. The maximum absolute atomic E-state index is 12.5.